The van der Waals surface area contributed by atoms with Crippen molar-refractivity contribution < 1.29 is 0 Å². The summed E-state index contributed by atoms with van der Waals surface area (Å²) in [6.45, 7) is 4.84. The van der Waals surface area contributed by atoms with Crippen molar-refractivity contribution in [3.8, 4) is 0 Å². The highest BCUT2D eigenvalue weighted by Gasteiger charge is 2.31. The zero-order chi connectivity index (χ0) is 13.2. The SMILES string of the molecule is CC(NC1CCN(C2CC2)CC1)c1cccc(Br)c1. The molecule has 0 bridgehead atoms. The third kappa shape index (κ3) is 3.59. The number of piperidine rings is 1. The third-order valence-corrected chi connectivity index (χ3v) is 4.92. The van der Waals surface area contributed by atoms with Crippen LogP contribution in [-0.2, 0) is 0 Å². The second-order valence-electron chi connectivity index (χ2n) is 5.98. The largest absolute Gasteiger partial charge is 0.307 e. The highest BCUT2D eigenvalue weighted by atomic mass is 79.9. The number of nitrogens with zero attached hydrogens (tertiary/aromatic N) is 1. The van der Waals surface area contributed by atoms with Gasteiger partial charge in [0, 0.05) is 22.6 Å². The van der Waals surface area contributed by atoms with Crippen molar-refractivity contribution in [2.75, 3.05) is 13.1 Å². The summed E-state index contributed by atoms with van der Waals surface area (Å²) in [6.07, 6.45) is 5.47. The quantitative estimate of drug-likeness (QED) is 0.908. The van der Waals surface area contributed by atoms with Gasteiger partial charge in [-0.25, -0.2) is 0 Å². The molecule has 2 nitrogen and oxygen atoms in total. The lowest BCUT2D eigenvalue weighted by molar-refractivity contribution is 0.184. The Kier molecular flexibility index (Phi) is 4.25. The molecule has 1 unspecified atom stereocenters. The zero-order valence-corrected chi connectivity index (χ0v) is 13.2. The van der Waals surface area contributed by atoms with Gasteiger partial charge in [-0.2, -0.15) is 0 Å². The van der Waals surface area contributed by atoms with E-state index in [1.807, 2.05) is 0 Å². The minimum atomic E-state index is 0.440. The van der Waals surface area contributed by atoms with Crippen LogP contribution in [0.2, 0.25) is 0 Å². The molecule has 0 radical (unpaired) electrons. The standard InChI is InChI=1S/C16H23BrN2/c1-12(13-3-2-4-14(17)11-13)18-15-7-9-19(10-8-15)16-5-6-16/h2-4,11-12,15-16,18H,5-10H2,1H3. The van der Waals surface area contributed by atoms with Crippen LogP contribution < -0.4 is 5.32 Å². The van der Waals surface area contributed by atoms with Gasteiger partial charge in [0.15, 0.2) is 0 Å². The number of hydrogen-bond acceptors (Lipinski definition) is 2. The fourth-order valence-electron chi connectivity index (χ4n) is 3.10. The van der Waals surface area contributed by atoms with Crippen molar-refractivity contribution in [2.24, 2.45) is 0 Å². The molecular formula is C16H23BrN2. The Bertz CT molecular complexity index is 423. The average molecular weight is 323 g/mol. The van der Waals surface area contributed by atoms with Crippen LogP contribution in [0.15, 0.2) is 28.7 Å². The highest BCUT2D eigenvalue weighted by Crippen LogP contribution is 2.29. The minimum Gasteiger partial charge on any atom is -0.307 e. The van der Waals surface area contributed by atoms with Gasteiger partial charge in [-0.1, -0.05) is 28.1 Å². The van der Waals surface area contributed by atoms with Gasteiger partial charge in [-0.3, -0.25) is 0 Å². The fraction of sp³-hybridized carbons (Fsp3) is 0.625. The number of likely N-dealkylation sites (tertiary alicyclic amines) is 1. The molecule has 104 valence electrons. The Morgan fingerprint density at radius 3 is 2.58 bits per heavy atom. The first-order valence-corrected chi connectivity index (χ1v) is 8.27. The lowest BCUT2D eigenvalue weighted by atomic mass is 10.0. The monoisotopic (exact) mass is 322 g/mol. The van der Waals surface area contributed by atoms with E-state index in [1.165, 1.54) is 48.8 Å². The van der Waals surface area contributed by atoms with Gasteiger partial charge in [-0.05, 0) is 63.4 Å². The van der Waals surface area contributed by atoms with Gasteiger partial charge in [0.2, 0.25) is 0 Å². The van der Waals surface area contributed by atoms with E-state index in [0.717, 1.165) is 6.04 Å². The van der Waals surface area contributed by atoms with E-state index >= 15 is 0 Å². The molecular weight excluding hydrogens is 300 g/mol. The van der Waals surface area contributed by atoms with Gasteiger partial charge < -0.3 is 10.2 Å². The predicted molar refractivity (Wildman–Crippen MR) is 83.3 cm³/mol. The van der Waals surface area contributed by atoms with Crippen LogP contribution in [0.1, 0.15) is 44.2 Å². The van der Waals surface area contributed by atoms with Crippen molar-refractivity contribution in [2.45, 2.75) is 50.7 Å². The molecule has 0 aromatic heterocycles. The summed E-state index contributed by atoms with van der Waals surface area (Å²) in [6, 6.07) is 10.7. The summed E-state index contributed by atoms with van der Waals surface area (Å²) in [5.41, 5.74) is 1.37. The molecule has 1 saturated heterocycles. The van der Waals surface area contributed by atoms with E-state index < -0.39 is 0 Å². The molecule has 1 N–H and O–H groups in total. The molecule has 1 heterocycles. The fourth-order valence-corrected chi connectivity index (χ4v) is 3.51. The summed E-state index contributed by atoms with van der Waals surface area (Å²) < 4.78 is 1.17. The topological polar surface area (TPSA) is 15.3 Å². The number of halogens is 1. The Balaban J connectivity index is 1.51. The van der Waals surface area contributed by atoms with Crippen molar-refractivity contribution in [1.82, 2.24) is 10.2 Å². The van der Waals surface area contributed by atoms with Crippen LogP contribution in [0.4, 0.5) is 0 Å². The lowest BCUT2D eigenvalue weighted by Crippen LogP contribution is -2.44. The molecule has 0 spiro atoms. The molecule has 3 rings (SSSR count). The van der Waals surface area contributed by atoms with E-state index in [-0.39, 0.29) is 0 Å². The number of rotatable bonds is 4. The average Bonchev–Trinajstić information content (AvgIpc) is 3.24. The lowest BCUT2D eigenvalue weighted by Gasteiger charge is -2.34. The van der Waals surface area contributed by atoms with E-state index in [9.17, 15) is 0 Å². The maximum absolute atomic E-state index is 3.79. The second-order valence-corrected chi connectivity index (χ2v) is 6.90. The first kappa shape index (κ1) is 13.6. The number of nitrogens with one attached hydrogen (secondary N) is 1. The van der Waals surface area contributed by atoms with Gasteiger partial charge >= 0.3 is 0 Å². The first-order valence-electron chi connectivity index (χ1n) is 7.48. The number of benzene rings is 1. The summed E-state index contributed by atoms with van der Waals surface area (Å²) in [4.78, 5) is 2.68. The van der Waals surface area contributed by atoms with Crippen LogP contribution in [0.3, 0.4) is 0 Å². The summed E-state index contributed by atoms with van der Waals surface area (Å²) in [5.74, 6) is 0. The molecule has 1 atom stereocenters. The molecule has 1 aromatic carbocycles. The van der Waals surface area contributed by atoms with Crippen LogP contribution in [0.5, 0.6) is 0 Å². The molecule has 2 fully saturated rings. The van der Waals surface area contributed by atoms with Crippen molar-refractivity contribution in [1.29, 1.82) is 0 Å². The van der Waals surface area contributed by atoms with E-state index in [2.05, 4.69) is 57.3 Å². The van der Waals surface area contributed by atoms with Crippen molar-refractivity contribution >= 4 is 15.9 Å². The van der Waals surface area contributed by atoms with Crippen LogP contribution in [0, 0.1) is 0 Å². The summed E-state index contributed by atoms with van der Waals surface area (Å²) in [7, 11) is 0. The first-order chi connectivity index (χ1) is 9.22. The molecule has 3 heteroatoms. The smallest absolute Gasteiger partial charge is 0.0294 e. The van der Waals surface area contributed by atoms with E-state index in [0.29, 0.717) is 12.1 Å². The Morgan fingerprint density at radius 1 is 1.21 bits per heavy atom. The Labute approximate surface area is 124 Å². The maximum Gasteiger partial charge on any atom is 0.0294 e. The van der Waals surface area contributed by atoms with Crippen LogP contribution in [-0.4, -0.2) is 30.1 Å². The zero-order valence-electron chi connectivity index (χ0n) is 11.6. The normalized spacial score (nSPS) is 23.5. The molecule has 1 aliphatic carbocycles. The predicted octanol–water partition coefficient (Wildman–Crippen LogP) is 3.73. The van der Waals surface area contributed by atoms with Gasteiger partial charge in [0.05, 0.1) is 0 Å². The third-order valence-electron chi connectivity index (χ3n) is 4.43. The maximum atomic E-state index is 3.79. The molecule has 1 aromatic rings. The number of hydrogen-bond donors (Lipinski definition) is 1. The van der Waals surface area contributed by atoms with Crippen molar-refractivity contribution in [3.63, 3.8) is 0 Å². The Hall–Kier alpha value is -0.380. The van der Waals surface area contributed by atoms with Gasteiger partial charge in [0.1, 0.15) is 0 Å². The summed E-state index contributed by atoms with van der Waals surface area (Å²) in [5, 5.41) is 3.79. The molecule has 1 saturated carbocycles. The molecule has 19 heavy (non-hydrogen) atoms. The molecule has 1 aliphatic heterocycles. The molecule has 0 amide bonds. The van der Waals surface area contributed by atoms with Gasteiger partial charge in [-0.15, -0.1) is 0 Å². The minimum absolute atomic E-state index is 0.440. The van der Waals surface area contributed by atoms with E-state index in [1.54, 1.807) is 0 Å². The Morgan fingerprint density at radius 2 is 1.95 bits per heavy atom. The van der Waals surface area contributed by atoms with Gasteiger partial charge in [0.25, 0.3) is 0 Å². The van der Waals surface area contributed by atoms with Crippen molar-refractivity contribution in [3.05, 3.63) is 34.3 Å². The summed E-state index contributed by atoms with van der Waals surface area (Å²) >= 11 is 3.55. The van der Waals surface area contributed by atoms with Crippen LogP contribution >= 0.6 is 15.9 Å². The highest BCUT2D eigenvalue weighted by molar-refractivity contribution is 9.10. The second kappa shape index (κ2) is 5.94. The van der Waals surface area contributed by atoms with Crippen LogP contribution in [0.25, 0.3) is 0 Å². The molecule has 2 aliphatic rings. The van der Waals surface area contributed by atoms with E-state index in [4.69, 9.17) is 0 Å².